The average Bonchev–Trinajstić information content (AvgIpc) is 2.37. The van der Waals surface area contributed by atoms with E-state index in [9.17, 15) is 4.79 Å². The Kier molecular flexibility index (Phi) is 6.14. The maximum Gasteiger partial charge on any atom is 0.269 e. The summed E-state index contributed by atoms with van der Waals surface area (Å²) in [6.07, 6.45) is 1.63. The SMILES string of the molecule is CCNC(=O)c1cc(NC(C)COCC)ccn1. The molecule has 0 aliphatic heterocycles. The van der Waals surface area contributed by atoms with Crippen LogP contribution in [0.4, 0.5) is 5.69 Å². The van der Waals surface area contributed by atoms with Crippen LogP contribution in [-0.4, -0.2) is 36.7 Å². The average molecular weight is 251 g/mol. The first-order valence-corrected chi connectivity index (χ1v) is 6.25. The minimum Gasteiger partial charge on any atom is -0.380 e. The summed E-state index contributed by atoms with van der Waals surface area (Å²) in [4.78, 5) is 15.7. The van der Waals surface area contributed by atoms with Crippen molar-refractivity contribution in [1.29, 1.82) is 0 Å². The molecule has 0 bridgehead atoms. The van der Waals surface area contributed by atoms with Gasteiger partial charge in [-0.2, -0.15) is 0 Å². The van der Waals surface area contributed by atoms with Crippen LogP contribution in [0.1, 0.15) is 31.3 Å². The first-order chi connectivity index (χ1) is 8.67. The zero-order valence-corrected chi connectivity index (χ0v) is 11.2. The van der Waals surface area contributed by atoms with Crippen molar-refractivity contribution in [2.24, 2.45) is 0 Å². The van der Waals surface area contributed by atoms with Crippen LogP contribution in [0, 0.1) is 0 Å². The van der Waals surface area contributed by atoms with Crippen molar-refractivity contribution in [2.75, 3.05) is 25.1 Å². The molecule has 0 aromatic carbocycles. The summed E-state index contributed by atoms with van der Waals surface area (Å²) in [5, 5.41) is 5.99. The Hall–Kier alpha value is -1.62. The molecular weight excluding hydrogens is 230 g/mol. The molecule has 1 atom stereocenters. The van der Waals surface area contributed by atoms with E-state index in [4.69, 9.17) is 4.74 Å². The Labute approximate surface area is 108 Å². The lowest BCUT2D eigenvalue weighted by Gasteiger charge is -2.15. The molecule has 1 rings (SSSR count). The zero-order chi connectivity index (χ0) is 13.4. The lowest BCUT2D eigenvalue weighted by molar-refractivity contribution is 0.0951. The van der Waals surface area contributed by atoms with Crippen molar-refractivity contribution in [2.45, 2.75) is 26.8 Å². The highest BCUT2D eigenvalue weighted by Crippen LogP contribution is 2.09. The summed E-state index contributed by atoms with van der Waals surface area (Å²) >= 11 is 0. The Bertz CT molecular complexity index is 382. The second-order valence-electron chi connectivity index (χ2n) is 3.99. The van der Waals surface area contributed by atoms with Gasteiger partial charge in [-0.1, -0.05) is 0 Å². The minimum atomic E-state index is -0.154. The van der Waals surface area contributed by atoms with Crippen LogP contribution >= 0.6 is 0 Å². The van der Waals surface area contributed by atoms with E-state index in [2.05, 4.69) is 15.6 Å². The van der Waals surface area contributed by atoms with Gasteiger partial charge in [-0.3, -0.25) is 9.78 Å². The van der Waals surface area contributed by atoms with E-state index in [-0.39, 0.29) is 11.9 Å². The number of anilines is 1. The largest absolute Gasteiger partial charge is 0.380 e. The molecule has 0 saturated carbocycles. The van der Waals surface area contributed by atoms with Crippen molar-refractivity contribution in [1.82, 2.24) is 10.3 Å². The van der Waals surface area contributed by atoms with Crippen LogP contribution in [0.15, 0.2) is 18.3 Å². The molecule has 5 nitrogen and oxygen atoms in total. The molecule has 0 aliphatic rings. The van der Waals surface area contributed by atoms with Gasteiger partial charge in [0.25, 0.3) is 5.91 Å². The Morgan fingerprint density at radius 3 is 2.94 bits per heavy atom. The van der Waals surface area contributed by atoms with Crippen LogP contribution in [-0.2, 0) is 4.74 Å². The van der Waals surface area contributed by atoms with Crippen LogP contribution in [0.2, 0.25) is 0 Å². The Morgan fingerprint density at radius 2 is 2.28 bits per heavy atom. The van der Waals surface area contributed by atoms with Gasteiger partial charge in [0.1, 0.15) is 5.69 Å². The maximum absolute atomic E-state index is 11.6. The van der Waals surface area contributed by atoms with E-state index >= 15 is 0 Å². The summed E-state index contributed by atoms with van der Waals surface area (Å²) in [6, 6.07) is 3.77. The number of ether oxygens (including phenoxy) is 1. The Morgan fingerprint density at radius 1 is 1.50 bits per heavy atom. The number of carbonyl (C=O) groups excluding carboxylic acids is 1. The van der Waals surface area contributed by atoms with E-state index in [1.54, 1.807) is 12.3 Å². The van der Waals surface area contributed by atoms with Crippen molar-refractivity contribution in [3.05, 3.63) is 24.0 Å². The smallest absolute Gasteiger partial charge is 0.269 e. The molecule has 1 aromatic heterocycles. The summed E-state index contributed by atoms with van der Waals surface area (Å²) in [7, 11) is 0. The fourth-order valence-electron chi connectivity index (χ4n) is 1.52. The summed E-state index contributed by atoms with van der Waals surface area (Å²) < 4.78 is 5.33. The molecule has 1 amide bonds. The number of aromatic nitrogens is 1. The molecule has 1 aromatic rings. The van der Waals surface area contributed by atoms with Crippen LogP contribution in [0.25, 0.3) is 0 Å². The van der Waals surface area contributed by atoms with E-state index in [0.717, 1.165) is 5.69 Å². The van der Waals surface area contributed by atoms with Crippen molar-refractivity contribution in [3.8, 4) is 0 Å². The van der Waals surface area contributed by atoms with Crippen molar-refractivity contribution in [3.63, 3.8) is 0 Å². The van der Waals surface area contributed by atoms with Gasteiger partial charge in [0.05, 0.1) is 6.61 Å². The predicted octanol–water partition coefficient (Wildman–Crippen LogP) is 1.67. The molecule has 0 fully saturated rings. The molecule has 2 N–H and O–H groups in total. The molecule has 18 heavy (non-hydrogen) atoms. The molecular formula is C13H21N3O2. The van der Waals surface area contributed by atoms with Crippen molar-refractivity contribution < 1.29 is 9.53 Å². The van der Waals surface area contributed by atoms with Gasteiger partial charge in [0.15, 0.2) is 0 Å². The van der Waals surface area contributed by atoms with Gasteiger partial charge in [-0.25, -0.2) is 0 Å². The van der Waals surface area contributed by atoms with Gasteiger partial charge < -0.3 is 15.4 Å². The maximum atomic E-state index is 11.6. The van der Waals surface area contributed by atoms with E-state index in [1.165, 1.54) is 0 Å². The standard InChI is InChI=1S/C13H21N3O2/c1-4-14-13(17)12-8-11(6-7-15-12)16-10(3)9-18-5-2/h6-8,10H,4-5,9H2,1-3H3,(H,14,17)(H,15,16). The highest BCUT2D eigenvalue weighted by Gasteiger charge is 2.08. The number of rotatable bonds is 7. The van der Waals surface area contributed by atoms with Crippen molar-refractivity contribution >= 4 is 11.6 Å². The normalized spacial score (nSPS) is 11.9. The second-order valence-corrected chi connectivity index (χ2v) is 3.99. The molecule has 5 heteroatoms. The van der Waals surface area contributed by atoms with Crippen LogP contribution in [0.3, 0.4) is 0 Å². The third-order valence-electron chi connectivity index (χ3n) is 2.31. The Balaban J connectivity index is 2.61. The van der Waals surface area contributed by atoms with Gasteiger partial charge in [-0.15, -0.1) is 0 Å². The number of carbonyl (C=O) groups is 1. The van der Waals surface area contributed by atoms with Crippen LogP contribution < -0.4 is 10.6 Å². The minimum absolute atomic E-state index is 0.154. The molecule has 0 saturated heterocycles. The second kappa shape index (κ2) is 7.66. The molecule has 1 unspecified atom stereocenters. The topological polar surface area (TPSA) is 63.2 Å². The third-order valence-corrected chi connectivity index (χ3v) is 2.31. The van der Waals surface area contributed by atoms with Gasteiger partial charge >= 0.3 is 0 Å². The van der Waals surface area contributed by atoms with Gasteiger partial charge in [0, 0.05) is 31.1 Å². The van der Waals surface area contributed by atoms with Gasteiger partial charge in [-0.05, 0) is 32.9 Å². The highest BCUT2D eigenvalue weighted by atomic mass is 16.5. The lowest BCUT2D eigenvalue weighted by Crippen LogP contribution is -2.25. The van der Waals surface area contributed by atoms with E-state index in [0.29, 0.717) is 25.5 Å². The molecule has 1 heterocycles. The molecule has 0 spiro atoms. The number of nitrogens with one attached hydrogen (secondary N) is 2. The summed E-state index contributed by atoms with van der Waals surface area (Å²) in [5.41, 5.74) is 1.30. The number of nitrogens with zero attached hydrogens (tertiary/aromatic N) is 1. The first kappa shape index (κ1) is 14.4. The monoisotopic (exact) mass is 251 g/mol. The summed E-state index contributed by atoms with van der Waals surface area (Å²) in [5.74, 6) is -0.154. The zero-order valence-electron chi connectivity index (χ0n) is 11.2. The number of hydrogen-bond acceptors (Lipinski definition) is 4. The summed E-state index contributed by atoms with van der Waals surface area (Å²) in [6.45, 7) is 7.80. The molecule has 100 valence electrons. The van der Waals surface area contributed by atoms with Crippen LogP contribution in [0.5, 0.6) is 0 Å². The number of pyridine rings is 1. The first-order valence-electron chi connectivity index (χ1n) is 6.25. The fraction of sp³-hybridized carbons (Fsp3) is 0.538. The third kappa shape index (κ3) is 4.71. The number of amides is 1. The predicted molar refractivity (Wildman–Crippen MR) is 71.8 cm³/mol. The van der Waals surface area contributed by atoms with E-state index < -0.39 is 0 Å². The number of hydrogen-bond donors (Lipinski definition) is 2. The van der Waals surface area contributed by atoms with Gasteiger partial charge in [0.2, 0.25) is 0 Å². The fourth-order valence-corrected chi connectivity index (χ4v) is 1.52. The lowest BCUT2D eigenvalue weighted by atomic mass is 10.2. The molecule has 0 radical (unpaired) electrons. The molecule has 0 aliphatic carbocycles. The quantitative estimate of drug-likeness (QED) is 0.773. The highest BCUT2D eigenvalue weighted by molar-refractivity contribution is 5.93. The van der Waals surface area contributed by atoms with E-state index in [1.807, 2.05) is 26.8 Å².